The van der Waals surface area contributed by atoms with Gasteiger partial charge in [-0.05, 0) is 24.6 Å². The third-order valence-electron chi connectivity index (χ3n) is 7.35. The molecular weight excluding hydrogens is 559 g/mol. The molecule has 1 aromatic carbocycles. The van der Waals surface area contributed by atoms with Gasteiger partial charge in [0.05, 0.1) is 47.2 Å². The molecular formula is C29H23ClF3N5O3. The molecule has 210 valence electrons. The number of aromatic nitrogens is 2. The summed E-state index contributed by atoms with van der Waals surface area (Å²) < 4.78 is 41.6. The number of nitrogens with zero attached hydrogens (tertiary/aromatic N) is 4. The Morgan fingerprint density at radius 3 is 2.61 bits per heavy atom. The smallest absolute Gasteiger partial charge is 0.252 e. The van der Waals surface area contributed by atoms with Gasteiger partial charge in [0.1, 0.15) is 17.6 Å². The second-order valence-corrected chi connectivity index (χ2v) is 10.5. The maximum Gasteiger partial charge on any atom is 0.252 e. The minimum atomic E-state index is -2.91. The molecule has 0 aliphatic heterocycles. The predicted molar refractivity (Wildman–Crippen MR) is 141 cm³/mol. The van der Waals surface area contributed by atoms with Crippen molar-refractivity contribution in [2.24, 2.45) is 5.92 Å². The Morgan fingerprint density at radius 1 is 1.17 bits per heavy atom. The van der Waals surface area contributed by atoms with Gasteiger partial charge in [0.2, 0.25) is 11.8 Å². The van der Waals surface area contributed by atoms with E-state index in [1.165, 1.54) is 36.7 Å². The van der Waals surface area contributed by atoms with E-state index >= 15 is 0 Å². The fourth-order valence-corrected chi connectivity index (χ4v) is 5.66. The Morgan fingerprint density at radius 2 is 1.93 bits per heavy atom. The van der Waals surface area contributed by atoms with Gasteiger partial charge in [0, 0.05) is 48.2 Å². The number of pyridine rings is 2. The maximum absolute atomic E-state index is 14.5. The molecule has 3 aromatic rings. The summed E-state index contributed by atoms with van der Waals surface area (Å²) in [5.74, 6) is -7.56. The highest BCUT2D eigenvalue weighted by Crippen LogP contribution is 2.42. The van der Waals surface area contributed by atoms with Crippen molar-refractivity contribution in [3.8, 4) is 6.07 Å². The van der Waals surface area contributed by atoms with E-state index in [1.807, 2.05) is 6.07 Å². The number of hydrogen-bond donors (Lipinski definition) is 1. The average molecular weight is 582 g/mol. The van der Waals surface area contributed by atoms with Crippen LogP contribution >= 0.6 is 11.6 Å². The molecule has 0 bridgehead atoms. The summed E-state index contributed by atoms with van der Waals surface area (Å²) >= 11 is 6.48. The number of alkyl halides is 2. The van der Waals surface area contributed by atoms with E-state index in [2.05, 4.69) is 15.3 Å². The molecule has 0 spiro atoms. The quantitative estimate of drug-likeness (QED) is 0.425. The third-order valence-corrected chi connectivity index (χ3v) is 7.69. The van der Waals surface area contributed by atoms with Crippen LogP contribution in [0.4, 0.5) is 18.9 Å². The molecule has 5 rings (SSSR count). The molecule has 2 aliphatic rings. The van der Waals surface area contributed by atoms with Gasteiger partial charge in [-0.15, -0.1) is 0 Å². The largest absolute Gasteiger partial charge is 0.351 e. The van der Waals surface area contributed by atoms with Crippen molar-refractivity contribution in [1.29, 1.82) is 5.26 Å². The molecule has 8 nitrogen and oxygen atoms in total. The number of anilines is 1. The van der Waals surface area contributed by atoms with Crippen molar-refractivity contribution >= 4 is 34.9 Å². The van der Waals surface area contributed by atoms with Gasteiger partial charge >= 0.3 is 0 Å². The molecule has 2 amide bonds. The molecule has 2 aliphatic carbocycles. The van der Waals surface area contributed by atoms with E-state index in [4.69, 9.17) is 11.6 Å². The number of benzene rings is 1. The summed E-state index contributed by atoms with van der Waals surface area (Å²) in [4.78, 5) is 50.4. The fourth-order valence-electron chi connectivity index (χ4n) is 5.42. The number of hydrogen-bond acceptors (Lipinski definition) is 6. The number of carbonyl (C=O) groups is 3. The van der Waals surface area contributed by atoms with Crippen LogP contribution < -0.4 is 10.2 Å². The van der Waals surface area contributed by atoms with Crippen LogP contribution in [0.5, 0.6) is 0 Å². The third kappa shape index (κ3) is 5.79. The number of carbonyl (C=O) groups excluding carboxylic acids is 3. The van der Waals surface area contributed by atoms with E-state index in [-0.39, 0.29) is 46.2 Å². The maximum atomic E-state index is 14.5. The fraction of sp³-hybridized carbons (Fsp3) is 0.310. The Hall–Kier alpha value is -4.30. The van der Waals surface area contributed by atoms with Crippen molar-refractivity contribution in [3.05, 3.63) is 88.7 Å². The number of nitriles is 1. The molecule has 2 aromatic heterocycles. The second-order valence-electron chi connectivity index (χ2n) is 10.1. The first kappa shape index (κ1) is 28.2. The van der Waals surface area contributed by atoms with Crippen LogP contribution in [0.15, 0.2) is 61.1 Å². The van der Waals surface area contributed by atoms with Crippen molar-refractivity contribution < 1.29 is 27.6 Å². The highest BCUT2D eigenvalue weighted by molar-refractivity contribution is 6.31. The summed E-state index contributed by atoms with van der Waals surface area (Å²) in [5.41, 5.74) is 0.544. The topological polar surface area (TPSA) is 116 Å². The van der Waals surface area contributed by atoms with Gasteiger partial charge in [0.15, 0.2) is 0 Å². The lowest BCUT2D eigenvalue weighted by Gasteiger charge is -2.39. The lowest BCUT2D eigenvalue weighted by molar-refractivity contribution is -0.133. The summed E-state index contributed by atoms with van der Waals surface area (Å²) in [6.07, 6.45) is 2.49. The number of rotatable bonds is 7. The molecule has 2 heterocycles. The number of nitrogens with one attached hydrogen (secondary N) is 1. The molecule has 3 unspecified atom stereocenters. The van der Waals surface area contributed by atoms with Gasteiger partial charge in [-0.1, -0.05) is 29.8 Å². The van der Waals surface area contributed by atoms with Crippen LogP contribution in [0.2, 0.25) is 5.02 Å². The van der Waals surface area contributed by atoms with E-state index in [9.17, 15) is 32.8 Å². The summed E-state index contributed by atoms with van der Waals surface area (Å²) in [5, 5.41) is 12.0. The van der Waals surface area contributed by atoms with Crippen LogP contribution in [0.25, 0.3) is 0 Å². The van der Waals surface area contributed by atoms with Gasteiger partial charge in [-0.2, -0.15) is 5.26 Å². The SMILES string of the molecule is N#Cc1ccnc(C2C(=O)CCC2C(=O)N(c2cncc(F)c2)C(C(=O)NC2CC(F)(F)C2)c2ccccc2Cl)c1. The number of amides is 2. The van der Waals surface area contributed by atoms with Crippen LogP contribution in [0.3, 0.4) is 0 Å². The van der Waals surface area contributed by atoms with Gasteiger partial charge in [0.25, 0.3) is 5.92 Å². The van der Waals surface area contributed by atoms with Crippen LogP contribution in [0, 0.1) is 23.1 Å². The van der Waals surface area contributed by atoms with Gasteiger partial charge in [-0.3, -0.25) is 29.3 Å². The van der Waals surface area contributed by atoms with Crippen LogP contribution in [-0.4, -0.2) is 39.5 Å². The summed E-state index contributed by atoms with van der Waals surface area (Å²) in [6.45, 7) is 0. The number of halogens is 4. The highest BCUT2D eigenvalue weighted by Gasteiger charge is 2.49. The average Bonchev–Trinajstić information content (AvgIpc) is 3.32. The molecule has 0 saturated heterocycles. The van der Waals surface area contributed by atoms with Gasteiger partial charge < -0.3 is 5.32 Å². The van der Waals surface area contributed by atoms with E-state index in [0.717, 1.165) is 17.2 Å². The van der Waals surface area contributed by atoms with Crippen molar-refractivity contribution in [2.75, 3.05) is 4.90 Å². The first-order valence-electron chi connectivity index (χ1n) is 12.8. The Balaban J connectivity index is 1.61. The standard InChI is InChI=1S/C29H23ClF3N5O3/c30-22-4-2-1-3-20(22)26(27(40)37-18-11-29(32,33)12-18)38(19-10-17(31)14-35-15-19)28(41)21-5-6-24(39)25(21)23-9-16(13-34)7-8-36-23/h1-4,7-10,14-15,18,21,25-26H,5-6,11-12H2,(H,37,40). The lowest BCUT2D eigenvalue weighted by Crippen LogP contribution is -2.54. The molecule has 3 atom stereocenters. The van der Waals surface area contributed by atoms with E-state index in [0.29, 0.717) is 0 Å². The van der Waals surface area contributed by atoms with Crippen molar-refractivity contribution in [1.82, 2.24) is 15.3 Å². The highest BCUT2D eigenvalue weighted by atomic mass is 35.5. The Labute approximate surface area is 238 Å². The zero-order valence-corrected chi connectivity index (χ0v) is 22.2. The molecule has 0 radical (unpaired) electrons. The number of Topliss-reactive ketones (excluding diaryl/α,β-unsaturated/α-hetero) is 1. The van der Waals surface area contributed by atoms with Crippen molar-refractivity contribution in [3.63, 3.8) is 0 Å². The predicted octanol–water partition coefficient (Wildman–Crippen LogP) is 4.89. The lowest BCUT2D eigenvalue weighted by atomic mass is 9.87. The molecule has 2 fully saturated rings. The van der Waals surface area contributed by atoms with Crippen LogP contribution in [-0.2, 0) is 14.4 Å². The first-order valence-corrected chi connectivity index (χ1v) is 13.2. The van der Waals surface area contributed by atoms with Gasteiger partial charge in [-0.25, -0.2) is 13.2 Å². The van der Waals surface area contributed by atoms with E-state index < -0.39 is 60.3 Å². The Bertz CT molecular complexity index is 1550. The second kappa shape index (κ2) is 11.3. The van der Waals surface area contributed by atoms with Crippen molar-refractivity contribution in [2.45, 2.75) is 49.6 Å². The zero-order valence-electron chi connectivity index (χ0n) is 21.4. The minimum Gasteiger partial charge on any atom is -0.351 e. The molecule has 2 saturated carbocycles. The minimum absolute atomic E-state index is 0.0366. The number of ketones is 1. The van der Waals surface area contributed by atoms with Crippen LogP contribution in [0.1, 0.15) is 54.5 Å². The normalized spacial score (nSPS) is 20.5. The Kier molecular flexibility index (Phi) is 7.78. The monoisotopic (exact) mass is 581 g/mol. The first-order chi connectivity index (χ1) is 19.6. The zero-order chi connectivity index (χ0) is 29.3. The molecule has 1 N–H and O–H groups in total. The molecule has 41 heavy (non-hydrogen) atoms. The summed E-state index contributed by atoms with van der Waals surface area (Å²) in [6, 6.07) is 9.74. The summed E-state index contributed by atoms with van der Waals surface area (Å²) in [7, 11) is 0. The molecule has 12 heteroatoms. The van der Waals surface area contributed by atoms with E-state index in [1.54, 1.807) is 12.1 Å².